The number of aliphatic hydroxyl groups excluding tert-OH is 4. The number of nitrogens with zero attached hydrogens (tertiary/aromatic N) is 1. The van der Waals surface area contributed by atoms with E-state index in [1.54, 1.807) is 24.8 Å². The molecule has 0 saturated carbocycles. The lowest BCUT2D eigenvalue weighted by Gasteiger charge is -2.40. The number of aliphatic hydroxyl groups is 4. The molecule has 31 heavy (non-hydrogen) atoms. The van der Waals surface area contributed by atoms with Crippen molar-refractivity contribution in [1.29, 1.82) is 0 Å². The Hall–Kier alpha value is -2.49. The van der Waals surface area contributed by atoms with Gasteiger partial charge >= 0.3 is 0 Å². The molecule has 0 aliphatic carbocycles. The number of methoxy groups -OCH3 is 1. The van der Waals surface area contributed by atoms with E-state index in [1.807, 2.05) is 24.3 Å². The lowest BCUT2D eigenvalue weighted by Crippen LogP contribution is -2.56. The maximum Gasteiger partial charge on any atom is 0.163 e. The van der Waals surface area contributed by atoms with Gasteiger partial charge in [-0.05, 0) is 54.3 Å². The van der Waals surface area contributed by atoms with Crippen molar-refractivity contribution in [1.82, 2.24) is 4.57 Å². The highest BCUT2D eigenvalue weighted by atomic mass is 19.1. The van der Waals surface area contributed by atoms with Gasteiger partial charge in [-0.25, -0.2) is 4.39 Å². The largest absolute Gasteiger partial charge is 0.497 e. The van der Waals surface area contributed by atoms with Crippen LogP contribution in [0.1, 0.15) is 22.9 Å². The number of halogens is 1. The van der Waals surface area contributed by atoms with Crippen molar-refractivity contribution in [3.05, 3.63) is 65.1 Å². The third-order valence-corrected chi connectivity index (χ3v) is 5.86. The Balaban J connectivity index is 1.80. The molecular weight excluding hydrogens is 405 g/mol. The predicted octanol–water partition coefficient (Wildman–Crippen LogP) is 1.66. The topological polar surface area (TPSA) is 104 Å². The summed E-state index contributed by atoms with van der Waals surface area (Å²) in [4.78, 5) is 0. The molecule has 1 saturated heterocycles. The minimum atomic E-state index is -1.50. The minimum Gasteiger partial charge on any atom is -0.497 e. The molecule has 1 fully saturated rings. The van der Waals surface area contributed by atoms with E-state index in [0.29, 0.717) is 22.9 Å². The van der Waals surface area contributed by atoms with E-state index in [4.69, 9.17) is 9.47 Å². The van der Waals surface area contributed by atoms with Crippen LogP contribution in [-0.4, -0.2) is 63.1 Å². The van der Waals surface area contributed by atoms with Gasteiger partial charge in [-0.1, -0.05) is 12.1 Å². The summed E-state index contributed by atoms with van der Waals surface area (Å²) in [5, 5.41) is 41.1. The SMILES string of the molecule is COc1ccc(Cc2cn([C@@H]3O[C@H](CO)[C@@H](O)[C@H](O)[C@H]3O)c3c(C)cc(F)cc23)cc1. The molecule has 1 aliphatic rings. The second-order valence-corrected chi connectivity index (χ2v) is 7.92. The Kier molecular flexibility index (Phi) is 6.00. The van der Waals surface area contributed by atoms with Crippen molar-refractivity contribution < 1.29 is 34.3 Å². The van der Waals surface area contributed by atoms with Crippen LogP contribution < -0.4 is 4.74 Å². The van der Waals surface area contributed by atoms with Crippen LogP contribution in [0, 0.1) is 12.7 Å². The molecular formula is C23H26FNO6. The number of rotatable bonds is 5. The van der Waals surface area contributed by atoms with Crippen molar-refractivity contribution in [2.75, 3.05) is 13.7 Å². The molecule has 7 nitrogen and oxygen atoms in total. The van der Waals surface area contributed by atoms with Crippen molar-refractivity contribution in [3.63, 3.8) is 0 Å². The number of ether oxygens (including phenoxy) is 2. The molecule has 0 bridgehead atoms. The summed E-state index contributed by atoms with van der Waals surface area (Å²) in [5.74, 6) is 0.349. The zero-order valence-corrected chi connectivity index (χ0v) is 17.3. The first-order valence-corrected chi connectivity index (χ1v) is 10.1. The summed E-state index contributed by atoms with van der Waals surface area (Å²) in [6.45, 7) is 1.23. The fraction of sp³-hybridized carbons (Fsp3) is 0.391. The van der Waals surface area contributed by atoms with Crippen molar-refractivity contribution in [3.8, 4) is 5.75 Å². The van der Waals surface area contributed by atoms with Crippen LogP contribution in [0.25, 0.3) is 10.9 Å². The average Bonchev–Trinajstić information content (AvgIpc) is 3.11. The number of hydrogen-bond acceptors (Lipinski definition) is 6. The number of hydrogen-bond donors (Lipinski definition) is 4. The van der Waals surface area contributed by atoms with Gasteiger partial charge in [0.1, 0.15) is 36.0 Å². The maximum absolute atomic E-state index is 14.3. The van der Waals surface area contributed by atoms with Crippen LogP contribution in [-0.2, 0) is 11.2 Å². The van der Waals surface area contributed by atoms with Crippen molar-refractivity contribution >= 4 is 10.9 Å². The molecule has 1 aromatic heterocycles. The smallest absolute Gasteiger partial charge is 0.163 e. The lowest BCUT2D eigenvalue weighted by atomic mass is 9.98. The van der Waals surface area contributed by atoms with Gasteiger partial charge < -0.3 is 34.5 Å². The Morgan fingerprint density at radius 2 is 1.77 bits per heavy atom. The van der Waals surface area contributed by atoms with Gasteiger partial charge in [0.05, 0.1) is 19.2 Å². The molecule has 5 atom stereocenters. The van der Waals surface area contributed by atoms with Crippen LogP contribution in [0.4, 0.5) is 4.39 Å². The normalized spacial score (nSPS) is 26.4. The Bertz CT molecular complexity index is 1060. The zero-order chi connectivity index (χ0) is 22.3. The number of aryl methyl sites for hydroxylation is 1. The van der Waals surface area contributed by atoms with Crippen LogP contribution in [0.3, 0.4) is 0 Å². The number of benzene rings is 2. The van der Waals surface area contributed by atoms with E-state index in [-0.39, 0.29) is 5.82 Å². The van der Waals surface area contributed by atoms with Crippen LogP contribution >= 0.6 is 0 Å². The summed E-state index contributed by atoms with van der Waals surface area (Å²) in [7, 11) is 1.59. The highest BCUT2D eigenvalue weighted by Crippen LogP contribution is 2.35. The molecule has 0 radical (unpaired) electrons. The molecule has 1 aliphatic heterocycles. The first-order valence-electron chi connectivity index (χ1n) is 10.1. The predicted molar refractivity (Wildman–Crippen MR) is 111 cm³/mol. The molecule has 0 unspecified atom stereocenters. The maximum atomic E-state index is 14.3. The molecule has 4 rings (SSSR count). The van der Waals surface area contributed by atoms with E-state index < -0.39 is 37.3 Å². The highest BCUT2D eigenvalue weighted by molar-refractivity contribution is 5.87. The van der Waals surface area contributed by atoms with Gasteiger partial charge in [0.2, 0.25) is 0 Å². The van der Waals surface area contributed by atoms with Crippen molar-refractivity contribution in [2.45, 2.75) is 44.0 Å². The Labute approximate surface area is 178 Å². The van der Waals surface area contributed by atoms with Gasteiger partial charge in [-0.2, -0.15) is 0 Å². The van der Waals surface area contributed by atoms with Gasteiger partial charge in [-0.3, -0.25) is 0 Å². The molecule has 0 amide bonds. The molecule has 2 heterocycles. The molecule has 8 heteroatoms. The molecule has 166 valence electrons. The molecule has 2 aromatic carbocycles. The quantitative estimate of drug-likeness (QED) is 0.490. The second kappa shape index (κ2) is 8.57. The van der Waals surface area contributed by atoms with Crippen LogP contribution in [0.5, 0.6) is 5.75 Å². The van der Waals surface area contributed by atoms with E-state index in [1.165, 1.54) is 12.1 Å². The van der Waals surface area contributed by atoms with Gasteiger partial charge in [0, 0.05) is 11.6 Å². The number of fused-ring (bicyclic) bond motifs is 1. The van der Waals surface area contributed by atoms with E-state index in [0.717, 1.165) is 16.9 Å². The fourth-order valence-corrected chi connectivity index (χ4v) is 4.24. The Morgan fingerprint density at radius 1 is 1.06 bits per heavy atom. The first kappa shape index (κ1) is 21.7. The summed E-state index contributed by atoms with van der Waals surface area (Å²) in [6.07, 6.45) is -4.23. The van der Waals surface area contributed by atoms with E-state index >= 15 is 0 Å². The molecule has 0 spiro atoms. The summed E-state index contributed by atoms with van der Waals surface area (Å²) in [6, 6.07) is 10.3. The van der Waals surface area contributed by atoms with E-state index in [2.05, 4.69) is 0 Å². The Morgan fingerprint density at radius 3 is 2.42 bits per heavy atom. The van der Waals surface area contributed by atoms with Gasteiger partial charge in [0.25, 0.3) is 0 Å². The van der Waals surface area contributed by atoms with Crippen LogP contribution in [0.15, 0.2) is 42.6 Å². The summed E-state index contributed by atoms with van der Waals surface area (Å²) < 4.78 is 26.8. The molecule has 4 N–H and O–H groups in total. The van der Waals surface area contributed by atoms with Gasteiger partial charge in [0.15, 0.2) is 6.23 Å². The monoisotopic (exact) mass is 431 g/mol. The molecule has 3 aromatic rings. The number of aromatic nitrogens is 1. The van der Waals surface area contributed by atoms with Crippen LogP contribution in [0.2, 0.25) is 0 Å². The third-order valence-electron chi connectivity index (χ3n) is 5.86. The zero-order valence-electron chi connectivity index (χ0n) is 17.3. The second-order valence-electron chi connectivity index (χ2n) is 7.92. The minimum absolute atomic E-state index is 0.382. The summed E-state index contributed by atoms with van der Waals surface area (Å²) >= 11 is 0. The van der Waals surface area contributed by atoms with Crippen molar-refractivity contribution in [2.24, 2.45) is 0 Å². The lowest BCUT2D eigenvalue weighted by molar-refractivity contribution is -0.250. The average molecular weight is 431 g/mol. The standard InChI is InChI=1S/C23H26FNO6/c1-12-7-15(24)9-17-14(8-13-3-5-16(30-2)6-4-13)10-25(19(12)17)23-22(29)21(28)20(27)18(11-26)31-23/h3-7,9-10,18,20-23,26-29H,8,11H2,1-2H3/t18-,20-,21+,22-,23-/m1/s1. The first-order chi connectivity index (χ1) is 14.8. The third kappa shape index (κ3) is 3.93. The highest BCUT2D eigenvalue weighted by Gasteiger charge is 2.44. The summed E-state index contributed by atoms with van der Waals surface area (Å²) in [5.41, 5.74) is 3.07. The van der Waals surface area contributed by atoms with E-state index in [9.17, 15) is 24.8 Å². The fourth-order valence-electron chi connectivity index (χ4n) is 4.24. The van der Waals surface area contributed by atoms with Gasteiger partial charge in [-0.15, -0.1) is 0 Å².